The van der Waals surface area contributed by atoms with Crippen LogP contribution < -0.4 is 5.73 Å². The summed E-state index contributed by atoms with van der Waals surface area (Å²) < 4.78 is 5.51. The molecule has 0 heterocycles. The third kappa shape index (κ3) is 14.2. The molecule has 3 N–H and O–H groups in total. The highest BCUT2D eigenvalue weighted by atomic mass is 16.5. The molecule has 4 heteroatoms. The van der Waals surface area contributed by atoms with E-state index in [2.05, 4.69) is 20.8 Å². The van der Waals surface area contributed by atoms with Gasteiger partial charge in [-0.25, -0.2) is 0 Å². The average molecular weight is 271 g/mol. The minimum absolute atomic E-state index is 0.229. The van der Waals surface area contributed by atoms with E-state index in [9.17, 15) is 0 Å². The first-order chi connectivity index (χ1) is 8.41. The Kier molecular flexibility index (Phi) is 10.9. The van der Waals surface area contributed by atoms with Crippen molar-refractivity contribution in [2.24, 2.45) is 17.1 Å². The molecule has 2 atom stereocenters. The van der Waals surface area contributed by atoms with E-state index in [4.69, 9.17) is 23.4 Å². The normalized spacial score (nSPS) is 16.5. The van der Waals surface area contributed by atoms with Crippen molar-refractivity contribution in [3.63, 3.8) is 0 Å². The molecule has 3 nitrogen and oxygen atoms in total. The van der Waals surface area contributed by atoms with Crippen molar-refractivity contribution in [1.29, 1.82) is 0 Å². The molecule has 0 aliphatic carbocycles. The van der Waals surface area contributed by atoms with Gasteiger partial charge in [-0.2, -0.15) is 0 Å². The zero-order valence-corrected chi connectivity index (χ0v) is 14.0. The standard InChI is InChI=1S/C9H21NO.C6H13BO/c1-8(2)5-7-11-9(3)4-6-10;1-5(2,3)6(4,7)8/h8-9H,4-7,10H2,1-3H3;8H,1-4H3. The smallest absolute Gasteiger partial charge is 0.113 e. The van der Waals surface area contributed by atoms with E-state index in [-0.39, 0.29) is 5.41 Å². The van der Waals surface area contributed by atoms with Gasteiger partial charge in [0.05, 0.1) is 6.10 Å². The number of hydrogen-bond acceptors (Lipinski definition) is 3. The van der Waals surface area contributed by atoms with E-state index in [1.807, 2.05) is 20.8 Å². The number of hydrogen-bond donors (Lipinski definition) is 2. The lowest BCUT2D eigenvalue weighted by Crippen LogP contribution is -2.39. The van der Waals surface area contributed by atoms with Crippen LogP contribution in [0.5, 0.6) is 0 Å². The SMILES string of the molecule is CC(C)CCOC(C)CCN.[B]C(C)(O)C(C)(C)C. The van der Waals surface area contributed by atoms with Crippen molar-refractivity contribution in [1.82, 2.24) is 0 Å². The van der Waals surface area contributed by atoms with Gasteiger partial charge in [0.25, 0.3) is 0 Å². The van der Waals surface area contributed by atoms with E-state index in [0.717, 1.165) is 31.9 Å². The van der Waals surface area contributed by atoms with E-state index in [1.165, 1.54) is 0 Å². The quantitative estimate of drug-likeness (QED) is 0.730. The highest BCUT2D eigenvalue weighted by Crippen LogP contribution is 2.26. The van der Waals surface area contributed by atoms with Crippen LogP contribution in [0.3, 0.4) is 0 Å². The number of ether oxygens (including phenoxy) is 1. The van der Waals surface area contributed by atoms with Gasteiger partial charge in [0.15, 0.2) is 0 Å². The fourth-order valence-corrected chi connectivity index (χ4v) is 0.823. The first-order valence-corrected chi connectivity index (χ1v) is 7.24. The van der Waals surface area contributed by atoms with Crippen molar-refractivity contribution < 1.29 is 9.84 Å². The number of aliphatic hydroxyl groups is 1. The zero-order valence-electron chi connectivity index (χ0n) is 14.0. The summed E-state index contributed by atoms with van der Waals surface area (Å²) in [4.78, 5) is 0. The Labute approximate surface area is 121 Å². The summed E-state index contributed by atoms with van der Waals surface area (Å²) in [6.45, 7) is 15.4. The Bertz CT molecular complexity index is 195. The van der Waals surface area contributed by atoms with Crippen molar-refractivity contribution in [3.8, 4) is 0 Å². The van der Waals surface area contributed by atoms with Crippen LogP contribution in [-0.2, 0) is 4.74 Å². The van der Waals surface area contributed by atoms with Crippen LogP contribution in [0.2, 0.25) is 0 Å². The Morgan fingerprint density at radius 2 is 1.53 bits per heavy atom. The molecule has 0 aromatic heterocycles. The lowest BCUT2D eigenvalue weighted by atomic mass is 9.65. The van der Waals surface area contributed by atoms with Gasteiger partial charge in [0, 0.05) is 12.1 Å². The van der Waals surface area contributed by atoms with E-state index >= 15 is 0 Å². The van der Waals surface area contributed by atoms with Crippen molar-refractivity contribution in [2.75, 3.05) is 13.2 Å². The summed E-state index contributed by atoms with van der Waals surface area (Å²) in [7, 11) is 5.37. The molecule has 0 aliphatic rings. The molecule has 0 bridgehead atoms. The molecular formula is C15H34BNO2. The largest absolute Gasteiger partial charge is 0.400 e. The topological polar surface area (TPSA) is 55.5 Å². The van der Waals surface area contributed by atoms with Gasteiger partial charge in [0.2, 0.25) is 0 Å². The average Bonchev–Trinajstić information content (AvgIpc) is 2.14. The Morgan fingerprint density at radius 3 is 1.79 bits per heavy atom. The summed E-state index contributed by atoms with van der Waals surface area (Å²) >= 11 is 0. The maximum atomic E-state index is 9.13. The van der Waals surface area contributed by atoms with Crippen LogP contribution in [0.1, 0.15) is 61.3 Å². The minimum atomic E-state index is -1.06. The molecule has 0 rings (SSSR count). The van der Waals surface area contributed by atoms with E-state index < -0.39 is 5.50 Å². The van der Waals surface area contributed by atoms with E-state index in [0.29, 0.717) is 6.10 Å². The summed E-state index contributed by atoms with van der Waals surface area (Å²) in [5.41, 5.74) is 4.09. The van der Waals surface area contributed by atoms with Crippen molar-refractivity contribution in [3.05, 3.63) is 0 Å². The minimum Gasteiger partial charge on any atom is -0.400 e. The van der Waals surface area contributed by atoms with Crippen LogP contribution in [-0.4, -0.2) is 37.7 Å². The second-order valence-electron chi connectivity index (χ2n) is 6.84. The second-order valence-corrected chi connectivity index (χ2v) is 6.84. The van der Waals surface area contributed by atoms with Crippen LogP contribution >= 0.6 is 0 Å². The van der Waals surface area contributed by atoms with Crippen LogP contribution in [0.15, 0.2) is 0 Å². The number of nitrogens with two attached hydrogens (primary N) is 1. The lowest BCUT2D eigenvalue weighted by Gasteiger charge is -2.33. The second kappa shape index (κ2) is 9.79. The summed E-state index contributed by atoms with van der Waals surface area (Å²) in [5.74, 6) is 0.736. The van der Waals surface area contributed by atoms with Crippen LogP contribution in [0.4, 0.5) is 0 Å². The molecule has 0 aromatic rings. The summed E-state index contributed by atoms with van der Waals surface area (Å²) in [5, 5.41) is 9.13. The third-order valence-electron chi connectivity index (χ3n) is 3.19. The molecule has 19 heavy (non-hydrogen) atoms. The molecule has 0 fully saturated rings. The maximum Gasteiger partial charge on any atom is 0.113 e. The van der Waals surface area contributed by atoms with Gasteiger partial charge < -0.3 is 15.6 Å². The highest BCUT2D eigenvalue weighted by molar-refractivity contribution is 6.14. The fraction of sp³-hybridized carbons (Fsp3) is 1.00. The molecule has 114 valence electrons. The molecule has 0 spiro atoms. The summed E-state index contributed by atoms with van der Waals surface area (Å²) in [6, 6.07) is 0. The number of rotatable bonds is 6. The third-order valence-corrected chi connectivity index (χ3v) is 3.19. The lowest BCUT2D eigenvalue weighted by molar-refractivity contribution is 0.0366. The van der Waals surface area contributed by atoms with Gasteiger partial charge in [-0.3, -0.25) is 0 Å². The predicted octanol–water partition coefficient (Wildman–Crippen LogP) is 2.70. The first-order valence-electron chi connectivity index (χ1n) is 7.24. The molecule has 2 unspecified atom stereocenters. The van der Waals surface area contributed by atoms with Gasteiger partial charge in [0.1, 0.15) is 7.85 Å². The summed E-state index contributed by atoms with van der Waals surface area (Å²) in [6.07, 6.45) is 2.45. The Hall–Kier alpha value is -0.0551. The van der Waals surface area contributed by atoms with Crippen molar-refractivity contribution in [2.45, 2.75) is 72.9 Å². The van der Waals surface area contributed by atoms with Crippen LogP contribution in [0, 0.1) is 11.3 Å². The van der Waals surface area contributed by atoms with E-state index in [1.54, 1.807) is 6.92 Å². The Balaban J connectivity index is 0. The molecule has 0 saturated carbocycles. The zero-order chi connectivity index (χ0) is 15.7. The van der Waals surface area contributed by atoms with Gasteiger partial charge in [-0.15, -0.1) is 0 Å². The first kappa shape index (κ1) is 21.2. The monoisotopic (exact) mass is 271 g/mol. The highest BCUT2D eigenvalue weighted by Gasteiger charge is 2.28. The van der Waals surface area contributed by atoms with Gasteiger partial charge in [-0.1, -0.05) is 34.6 Å². The van der Waals surface area contributed by atoms with Gasteiger partial charge in [-0.05, 0) is 44.6 Å². The molecule has 0 aliphatic heterocycles. The molecular weight excluding hydrogens is 237 g/mol. The molecule has 0 aromatic carbocycles. The maximum absolute atomic E-state index is 9.13. The fourth-order valence-electron chi connectivity index (χ4n) is 0.823. The molecule has 0 saturated heterocycles. The molecule has 0 amide bonds. The van der Waals surface area contributed by atoms with Gasteiger partial charge >= 0.3 is 0 Å². The molecule has 2 radical (unpaired) electrons. The van der Waals surface area contributed by atoms with Crippen molar-refractivity contribution >= 4 is 7.85 Å². The van der Waals surface area contributed by atoms with Crippen LogP contribution in [0.25, 0.3) is 0 Å². The predicted molar refractivity (Wildman–Crippen MR) is 84.4 cm³/mol. The Morgan fingerprint density at radius 1 is 1.11 bits per heavy atom.